The first kappa shape index (κ1) is 40.9. The zero-order valence-corrected chi connectivity index (χ0v) is 37.0. The Morgan fingerprint density at radius 2 is 1.93 bits per heavy atom. The number of fused-ring (bicyclic) bond motifs is 4. The number of thiazole rings is 1. The number of nitrogens with one attached hydrogen (secondary N) is 2. The monoisotopic (exact) mass is 833 g/mol. The van der Waals surface area contributed by atoms with Crippen LogP contribution in [0.3, 0.4) is 0 Å². The van der Waals surface area contributed by atoms with Gasteiger partial charge in [0.05, 0.1) is 34.8 Å². The van der Waals surface area contributed by atoms with Crippen LogP contribution >= 0.6 is 11.3 Å². The molecule has 2 saturated carbocycles. The van der Waals surface area contributed by atoms with E-state index < -0.39 is 17.5 Å². The summed E-state index contributed by atoms with van der Waals surface area (Å²) in [5.41, 5.74) is 12.3. The standard InChI is InChI=1S/C47H59N7O5S/c1-9-53-38-11-10-29-18-33(38)35(43(53)34-19-31(22-48-41(34)27(4)58-8)28-12-14-52(7)15-13-28)21-47(5,6)24-59-46(57)42-30-16-32(17-30)54(51-42)45(56)36(20-39-49-37(29)23-60-39)50-44(55)40-25(2)26(40)3/h10-12,18-19,22-23,25-27,30,32,36,40,42,51H,9,13-17,20-21,24H2,1-8H3,(H,50,55)/t25-,26+,27-,30?,32?,36-,40?,42-/m0/s1. The summed E-state index contributed by atoms with van der Waals surface area (Å²) in [6, 6.07) is 7.36. The van der Waals surface area contributed by atoms with Crippen molar-refractivity contribution in [3.05, 3.63) is 63.7 Å². The van der Waals surface area contributed by atoms with Crippen molar-refractivity contribution in [2.45, 2.75) is 104 Å². The number of hydrogen-bond donors (Lipinski definition) is 2. The van der Waals surface area contributed by atoms with E-state index in [0.717, 1.165) is 81.3 Å². The number of cyclic esters (lactones) is 1. The lowest BCUT2D eigenvalue weighted by Crippen LogP contribution is -2.71. The summed E-state index contributed by atoms with van der Waals surface area (Å²) in [6.07, 6.45) is 7.32. The molecule has 2 saturated heterocycles. The van der Waals surface area contributed by atoms with Gasteiger partial charge in [0.25, 0.3) is 5.91 Å². The molecule has 60 heavy (non-hydrogen) atoms. The van der Waals surface area contributed by atoms with Gasteiger partial charge in [0.1, 0.15) is 12.1 Å². The topological polar surface area (TPSA) is 131 Å². The average molecular weight is 834 g/mol. The van der Waals surface area contributed by atoms with Gasteiger partial charge in [-0.2, -0.15) is 0 Å². The number of esters is 1. The number of rotatable bonds is 7. The van der Waals surface area contributed by atoms with Crippen LogP contribution in [0.2, 0.25) is 0 Å². The fraction of sp³-hybridized carbons (Fsp3) is 0.553. The van der Waals surface area contributed by atoms with Gasteiger partial charge >= 0.3 is 5.97 Å². The van der Waals surface area contributed by atoms with E-state index in [-0.39, 0.29) is 66.6 Å². The van der Waals surface area contributed by atoms with E-state index in [2.05, 4.69) is 105 Å². The van der Waals surface area contributed by atoms with E-state index in [1.807, 2.05) is 6.20 Å². The first-order valence-corrected chi connectivity index (χ1v) is 22.7. The number of carbonyl (C=O) groups is 3. The van der Waals surface area contributed by atoms with Gasteiger partial charge in [-0.25, -0.2) is 10.4 Å². The molecule has 2 aliphatic carbocycles. The molecule has 4 aromatic rings. The Morgan fingerprint density at radius 1 is 1.15 bits per heavy atom. The van der Waals surface area contributed by atoms with Crippen molar-refractivity contribution in [1.29, 1.82) is 0 Å². The third-order valence-electron chi connectivity index (χ3n) is 14.2. The van der Waals surface area contributed by atoms with Crippen molar-refractivity contribution in [3.63, 3.8) is 0 Å². The van der Waals surface area contributed by atoms with Gasteiger partial charge in [-0.15, -0.1) is 11.3 Å². The number of hydrogen-bond acceptors (Lipinski definition) is 10. The summed E-state index contributed by atoms with van der Waals surface area (Å²) in [7, 11) is 3.88. The second kappa shape index (κ2) is 15.8. The Hall–Kier alpha value is -4.43. The van der Waals surface area contributed by atoms with E-state index in [1.165, 1.54) is 16.9 Å². The average Bonchev–Trinajstić information content (AvgIpc) is 3.50. The maximum absolute atomic E-state index is 14.4. The molecule has 1 aromatic carbocycles. The molecular weight excluding hydrogens is 775 g/mol. The molecule has 4 aliphatic heterocycles. The molecule has 6 atom stereocenters. The quantitative estimate of drug-likeness (QED) is 0.193. The third kappa shape index (κ3) is 7.39. The normalized spacial score (nSPS) is 28.4. The van der Waals surface area contributed by atoms with Gasteiger partial charge in [-0.1, -0.05) is 39.8 Å². The summed E-state index contributed by atoms with van der Waals surface area (Å²) in [4.78, 5) is 54.6. The molecule has 13 heteroatoms. The SMILES string of the molecule is CCn1c(-c2cc(C3=CCN(C)CC3)cnc2[C@H](C)OC)c2c3cc(ccc31)-c1csc(n1)C[C@H](NC(=O)C1[C@@H](C)[C@H]1C)C(=O)N1N[C@H](C(=O)OCC(C)(C)C2)C2CC1C2. The van der Waals surface area contributed by atoms with Gasteiger partial charge in [0.2, 0.25) is 5.91 Å². The lowest BCUT2D eigenvalue weighted by atomic mass is 9.73. The highest BCUT2D eigenvalue weighted by molar-refractivity contribution is 7.10. The molecule has 1 unspecified atom stereocenters. The van der Waals surface area contributed by atoms with Crippen LogP contribution in [0.25, 0.3) is 39.0 Å². The van der Waals surface area contributed by atoms with E-state index in [0.29, 0.717) is 19.3 Å². The molecule has 2 N–H and O–H groups in total. The number of carbonyl (C=O) groups excluding carboxylic acids is 3. The summed E-state index contributed by atoms with van der Waals surface area (Å²) in [5, 5.41) is 8.66. The van der Waals surface area contributed by atoms with Gasteiger partial charge in [-0.3, -0.25) is 24.4 Å². The minimum atomic E-state index is -0.829. The fourth-order valence-corrected chi connectivity index (χ4v) is 10.9. The summed E-state index contributed by atoms with van der Waals surface area (Å²) >= 11 is 1.50. The number of aryl methyl sites for hydroxylation is 1. The lowest BCUT2D eigenvalue weighted by Gasteiger charge is -2.53. The number of aromatic nitrogens is 3. The molecule has 2 amide bonds. The van der Waals surface area contributed by atoms with Crippen LogP contribution in [0.4, 0.5) is 0 Å². The number of amides is 2. The van der Waals surface area contributed by atoms with E-state index >= 15 is 0 Å². The first-order chi connectivity index (χ1) is 28.7. The maximum atomic E-state index is 14.4. The van der Waals surface area contributed by atoms with Crippen LogP contribution in [0.5, 0.6) is 0 Å². The Morgan fingerprint density at radius 3 is 2.63 bits per heavy atom. The molecule has 8 bridgehead atoms. The highest BCUT2D eigenvalue weighted by Gasteiger charge is 2.53. The van der Waals surface area contributed by atoms with Crippen molar-refractivity contribution in [2.24, 2.45) is 29.1 Å². The minimum absolute atomic E-state index is 0.0424. The van der Waals surface area contributed by atoms with Crippen LogP contribution in [-0.2, 0) is 43.2 Å². The Balaban J connectivity index is 1.18. The molecule has 6 aliphatic rings. The van der Waals surface area contributed by atoms with Crippen LogP contribution in [0, 0.1) is 29.1 Å². The Labute approximate surface area is 357 Å². The summed E-state index contributed by atoms with van der Waals surface area (Å²) < 4.78 is 14.6. The number of benzene rings is 1. The van der Waals surface area contributed by atoms with E-state index in [4.69, 9.17) is 19.4 Å². The molecular formula is C47H59N7O5S. The van der Waals surface area contributed by atoms with E-state index in [1.54, 1.807) is 12.1 Å². The third-order valence-corrected chi connectivity index (χ3v) is 15.0. The zero-order chi connectivity index (χ0) is 42.2. The largest absolute Gasteiger partial charge is 0.464 e. The number of hydrazine groups is 1. The van der Waals surface area contributed by atoms with Gasteiger partial charge in [0.15, 0.2) is 0 Å². The number of ether oxygens (including phenoxy) is 2. The smallest absolute Gasteiger partial charge is 0.325 e. The predicted molar refractivity (Wildman–Crippen MR) is 234 cm³/mol. The molecule has 10 rings (SSSR count). The van der Waals surface area contributed by atoms with Crippen LogP contribution < -0.4 is 10.7 Å². The molecule has 12 nitrogen and oxygen atoms in total. The van der Waals surface area contributed by atoms with Crippen LogP contribution in [0.1, 0.15) is 88.7 Å². The highest BCUT2D eigenvalue weighted by atomic mass is 32.1. The number of nitrogens with zero attached hydrogens (tertiary/aromatic N) is 5. The second-order valence-electron chi connectivity index (χ2n) is 18.9. The maximum Gasteiger partial charge on any atom is 0.325 e. The molecule has 0 radical (unpaired) electrons. The molecule has 4 fully saturated rings. The molecule has 3 aromatic heterocycles. The summed E-state index contributed by atoms with van der Waals surface area (Å²) in [5.74, 6) is -0.199. The van der Waals surface area contributed by atoms with Gasteiger partial charge in [0, 0.05) is 84.1 Å². The molecule has 7 heterocycles. The Bertz CT molecular complexity index is 2370. The van der Waals surface area contributed by atoms with Crippen LogP contribution in [0.15, 0.2) is 41.9 Å². The Kier molecular flexibility index (Phi) is 10.8. The highest BCUT2D eigenvalue weighted by Crippen LogP contribution is 2.46. The lowest BCUT2D eigenvalue weighted by molar-refractivity contribution is -0.171. The van der Waals surface area contributed by atoms with Crippen molar-refractivity contribution >= 4 is 45.6 Å². The number of pyridine rings is 1. The van der Waals surface area contributed by atoms with Gasteiger partial charge in [-0.05, 0) is 99.2 Å². The fourth-order valence-electron chi connectivity index (χ4n) is 10.0. The second-order valence-corrected chi connectivity index (χ2v) is 19.8. The zero-order valence-electron chi connectivity index (χ0n) is 36.2. The van der Waals surface area contributed by atoms with Crippen molar-refractivity contribution in [2.75, 3.05) is 33.9 Å². The number of methoxy groups -OCH3 is 1. The summed E-state index contributed by atoms with van der Waals surface area (Å²) in [6.45, 7) is 15.5. The van der Waals surface area contributed by atoms with E-state index in [9.17, 15) is 14.4 Å². The minimum Gasteiger partial charge on any atom is -0.464 e. The number of likely N-dealkylation sites (N-methyl/N-ethyl adjacent to an activating group) is 1. The molecule has 318 valence electrons. The first-order valence-electron chi connectivity index (χ1n) is 21.8. The van der Waals surface area contributed by atoms with Crippen molar-refractivity contribution < 1.29 is 23.9 Å². The van der Waals surface area contributed by atoms with Crippen molar-refractivity contribution in [3.8, 4) is 22.5 Å². The molecule has 0 spiro atoms. The predicted octanol–water partition coefficient (Wildman–Crippen LogP) is 6.82. The van der Waals surface area contributed by atoms with Gasteiger partial charge < -0.3 is 24.3 Å². The van der Waals surface area contributed by atoms with Crippen molar-refractivity contribution in [1.82, 2.24) is 35.2 Å². The van der Waals surface area contributed by atoms with Crippen LogP contribution in [-0.4, -0.2) is 94.2 Å².